The second-order valence-electron chi connectivity index (χ2n) is 2.84. The molecular weight excluding hydrogens is 208 g/mol. The molecule has 0 atom stereocenters. The van der Waals surface area contributed by atoms with E-state index in [1.165, 1.54) is 11.3 Å². The average Bonchev–Trinajstić information content (AvgIpc) is 2.33. The van der Waals surface area contributed by atoms with Gasteiger partial charge in [0.25, 0.3) is 0 Å². The van der Waals surface area contributed by atoms with Gasteiger partial charge in [0.15, 0.2) is 0 Å². The number of amides is 1. The zero-order valence-corrected chi connectivity index (χ0v) is 8.86. The first-order valence-electron chi connectivity index (χ1n) is 3.79. The van der Waals surface area contributed by atoms with Gasteiger partial charge in [-0.25, -0.2) is 0 Å². The van der Waals surface area contributed by atoms with Gasteiger partial charge in [0.1, 0.15) is 0 Å². The molecule has 13 heavy (non-hydrogen) atoms. The fourth-order valence-electron chi connectivity index (χ4n) is 1.02. The number of carbonyl (C=O) groups is 1. The topological polar surface area (TPSA) is 46.3 Å². The second kappa shape index (κ2) is 4.60. The number of thiophene rings is 1. The van der Waals surface area contributed by atoms with Crippen molar-refractivity contribution in [2.75, 3.05) is 13.6 Å². The van der Waals surface area contributed by atoms with Crippen LogP contribution in [0, 0.1) is 0 Å². The predicted molar refractivity (Wildman–Crippen MR) is 54.9 cm³/mol. The third kappa shape index (κ3) is 3.76. The summed E-state index contributed by atoms with van der Waals surface area (Å²) in [7, 11) is 1.85. The van der Waals surface area contributed by atoms with Gasteiger partial charge in [-0.05, 0) is 19.2 Å². The van der Waals surface area contributed by atoms with Gasteiger partial charge in [-0.15, -0.1) is 11.3 Å². The second-order valence-corrected chi connectivity index (χ2v) is 4.64. The molecule has 0 aliphatic heterocycles. The van der Waals surface area contributed by atoms with Gasteiger partial charge in [-0.2, -0.15) is 0 Å². The maximum absolute atomic E-state index is 10.6. The molecule has 2 N–H and O–H groups in total. The Morgan fingerprint density at radius 1 is 1.69 bits per heavy atom. The van der Waals surface area contributed by atoms with Crippen molar-refractivity contribution in [1.82, 2.24) is 4.90 Å². The van der Waals surface area contributed by atoms with Crippen LogP contribution >= 0.6 is 22.9 Å². The van der Waals surface area contributed by atoms with Crippen molar-refractivity contribution >= 4 is 28.8 Å². The van der Waals surface area contributed by atoms with E-state index >= 15 is 0 Å². The molecule has 0 spiro atoms. The van der Waals surface area contributed by atoms with Gasteiger partial charge in [-0.3, -0.25) is 9.69 Å². The van der Waals surface area contributed by atoms with Crippen LogP contribution in [0.25, 0.3) is 0 Å². The summed E-state index contributed by atoms with van der Waals surface area (Å²) in [5.41, 5.74) is 5.05. The number of hydrogen-bond donors (Lipinski definition) is 1. The first kappa shape index (κ1) is 10.5. The number of carbonyl (C=O) groups excluding carboxylic acids is 1. The molecule has 0 unspecified atom stereocenters. The number of rotatable bonds is 4. The smallest absolute Gasteiger partial charge is 0.231 e. The molecular formula is C8H11ClN2OS. The Morgan fingerprint density at radius 3 is 2.85 bits per heavy atom. The molecule has 1 heterocycles. The zero-order valence-electron chi connectivity index (χ0n) is 7.29. The quantitative estimate of drug-likeness (QED) is 0.829. The minimum atomic E-state index is -0.315. The number of halogens is 1. The maximum Gasteiger partial charge on any atom is 0.231 e. The first-order chi connectivity index (χ1) is 6.08. The van der Waals surface area contributed by atoms with E-state index < -0.39 is 0 Å². The molecule has 1 aromatic rings. The van der Waals surface area contributed by atoms with E-state index in [2.05, 4.69) is 0 Å². The molecule has 0 aliphatic carbocycles. The SMILES string of the molecule is CN(CC(N)=O)Cc1ccc(Cl)s1. The highest BCUT2D eigenvalue weighted by atomic mass is 35.5. The minimum absolute atomic E-state index is 0.273. The summed E-state index contributed by atoms with van der Waals surface area (Å²) in [5.74, 6) is -0.315. The Hall–Kier alpha value is -0.580. The lowest BCUT2D eigenvalue weighted by atomic mass is 10.4. The van der Waals surface area contributed by atoms with Gasteiger partial charge in [0.2, 0.25) is 5.91 Å². The summed E-state index contributed by atoms with van der Waals surface area (Å²) < 4.78 is 0.766. The summed E-state index contributed by atoms with van der Waals surface area (Å²) in [4.78, 5) is 13.5. The van der Waals surface area contributed by atoms with Crippen LogP contribution in [0.5, 0.6) is 0 Å². The predicted octanol–water partition coefficient (Wildman–Crippen LogP) is 1.32. The fourth-order valence-corrected chi connectivity index (χ4v) is 2.19. The van der Waals surface area contributed by atoms with E-state index in [0.717, 1.165) is 9.21 Å². The Balaban J connectivity index is 2.44. The standard InChI is InChI=1S/C8H11ClN2OS/c1-11(5-8(10)12)4-6-2-3-7(9)13-6/h2-3H,4-5H2,1H3,(H2,10,12). The van der Waals surface area contributed by atoms with Crippen LogP contribution in [-0.2, 0) is 11.3 Å². The van der Waals surface area contributed by atoms with Gasteiger partial charge < -0.3 is 5.73 Å². The van der Waals surface area contributed by atoms with E-state index in [4.69, 9.17) is 17.3 Å². The van der Waals surface area contributed by atoms with Crippen molar-refractivity contribution in [2.45, 2.75) is 6.54 Å². The third-order valence-corrected chi connectivity index (χ3v) is 2.70. The molecule has 1 rings (SSSR count). The van der Waals surface area contributed by atoms with Crippen molar-refractivity contribution in [3.8, 4) is 0 Å². The number of hydrogen-bond acceptors (Lipinski definition) is 3. The minimum Gasteiger partial charge on any atom is -0.369 e. The van der Waals surface area contributed by atoms with Crippen molar-refractivity contribution in [3.05, 3.63) is 21.3 Å². The van der Waals surface area contributed by atoms with Crippen LogP contribution in [0.2, 0.25) is 4.34 Å². The monoisotopic (exact) mass is 218 g/mol. The lowest BCUT2D eigenvalue weighted by Gasteiger charge is -2.12. The van der Waals surface area contributed by atoms with Crippen LogP contribution in [0.3, 0.4) is 0 Å². The Bertz CT molecular complexity index is 300. The van der Waals surface area contributed by atoms with Gasteiger partial charge in [-0.1, -0.05) is 11.6 Å². The molecule has 0 fully saturated rings. The molecule has 72 valence electrons. The highest BCUT2D eigenvalue weighted by molar-refractivity contribution is 7.16. The van der Waals surface area contributed by atoms with Gasteiger partial charge in [0, 0.05) is 11.4 Å². The highest BCUT2D eigenvalue weighted by Crippen LogP contribution is 2.22. The Morgan fingerprint density at radius 2 is 2.38 bits per heavy atom. The Kier molecular flexibility index (Phi) is 3.71. The third-order valence-electron chi connectivity index (χ3n) is 1.48. The highest BCUT2D eigenvalue weighted by Gasteiger charge is 2.05. The van der Waals surface area contributed by atoms with Crippen molar-refractivity contribution in [1.29, 1.82) is 0 Å². The number of primary amides is 1. The van der Waals surface area contributed by atoms with Gasteiger partial charge >= 0.3 is 0 Å². The molecule has 0 aromatic carbocycles. The lowest BCUT2D eigenvalue weighted by molar-refractivity contribution is -0.118. The van der Waals surface area contributed by atoms with Crippen LogP contribution in [0.15, 0.2) is 12.1 Å². The summed E-state index contributed by atoms with van der Waals surface area (Å²) >= 11 is 7.27. The fraction of sp³-hybridized carbons (Fsp3) is 0.375. The van der Waals surface area contributed by atoms with Crippen LogP contribution in [-0.4, -0.2) is 24.4 Å². The van der Waals surface area contributed by atoms with E-state index in [1.54, 1.807) is 0 Å². The molecule has 0 radical (unpaired) electrons. The normalized spacial score (nSPS) is 10.7. The van der Waals surface area contributed by atoms with Crippen LogP contribution < -0.4 is 5.73 Å². The van der Waals surface area contributed by atoms with E-state index in [9.17, 15) is 4.79 Å². The molecule has 0 saturated heterocycles. The Labute approximate surface area is 86.1 Å². The number of nitrogens with zero attached hydrogens (tertiary/aromatic N) is 1. The van der Waals surface area contributed by atoms with E-state index in [0.29, 0.717) is 6.54 Å². The number of likely N-dealkylation sites (N-methyl/N-ethyl adjacent to an activating group) is 1. The average molecular weight is 219 g/mol. The zero-order chi connectivity index (χ0) is 9.84. The number of nitrogens with two attached hydrogens (primary N) is 1. The van der Waals surface area contributed by atoms with Crippen LogP contribution in [0.4, 0.5) is 0 Å². The van der Waals surface area contributed by atoms with E-state index in [1.807, 2.05) is 24.1 Å². The molecule has 0 bridgehead atoms. The molecule has 0 aliphatic rings. The summed E-state index contributed by atoms with van der Waals surface area (Å²) in [5, 5.41) is 0. The van der Waals surface area contributed by atoms with Gasteiger partial charge in [0.05, 0.1) is 10.9 Å². The van der Waals surface area contributed by atoms with Crippen LogP contribution in [0.1, 0.15) is 4.88 Å². The molecule has 3 nitrogen and oxygen atoms in total. The summed E-state index contributed by atoms with van der Waals surface area (Å²) in [6.45, 7) is 0.982. The largest absolute Gasteiger partial charge is 0.369 e. The van der Waals surface area contributed by atoms with Crippen molar-refractivity contribution < 1.29 is 4.79 Å². The first-order valence-corrected chi connectivity index (χ1v) is 4.98. The molecule has 5 heteroatoms. The summed E-state index contributed by atoms with van der Waals surface area (Å²) in [6.07, 6.45) is 0. The van der Waals surface area contributed by atoms with Crippen molar-refractivity contribution in [3.63, 3.8) is 0 Å². The molecule has 1 amide bonds. The summed E-state index contributed by atoms with van der Waals surface area (Å²) in [6, 6.07) is 3.80. The van der Waals surface area contributed by atoms with Crippen molar-refractivity contribution in [2.24, 2.45) is 5.73 Å². The van der Waals surface area contributed by atoms with E-state index in [-0.39, 0.29) is 12.5 Å². The lowest BCUT2D eigenvalue weighted by Crippen LogP contribution is -2.29. The maximum atomic E-state index is 10.6. The molecule has 0 saturated carbocycles. The molecule has 1 aromatic heterocycles.